The average molecular weight is 317 g/mol. The number of rotatable bonds is 2. The number of sulfone groups is 1. The largest absolute Gasteiger partial charge is 0.490 e. The molecule has 7 nitrogen and oxygen atoms in total. The second kappa shape index (κ2) is 5.68. The Bertz CT molecular complexity index is 535. The summed E-state index contributed by atoms with van der Waals surface area (Å²) in [6.07, 6.45) is -0.0125. The highest BCUT2D eigenvalue weighted by Crippen LogP contribution is 2.34. The number of carbonyl (C=O) groups is 2. The summed E-state index contributed by atoms with van der Waals surface area (Å²) >= 11 is 0. The van der Waals surface area contributed by atoms with Crippen LogP contribution in [0.15, 0.2) is 0 Å². The molecule has 0 spiro atoms. The molecule has 0 aromatic rings. The minimum absolute atomic E-state index is 0.329. The summed E-state index contributed by atoms with van der Waals surface area (Å²) in [7, 11) is -3.17. The third-order valence-electron chi connectivity index (χ3n) is 2.35. The maximum atomic E-state index is 10.8. The molecule has 11 heteroatoms. The third kappa shape index (κ3) is 4.39. The first kappa shape index (κ1) is 18.2. The number of hydrogen-bond donors (Lipinski definition) is 3. The highest BCUT2D eigenvalue weighted by molar-refractivity contribution is 7.92. The van der Waals surface area contributed by atoms with Gasteiger partial charge in [0.05, 0.1) is 16.9 Å². The van der Waals surface area contributed by atoms with E-state index in [0.29, 0.717) is 0 Å². The van der Waals surface area contributed by atoms with Crippen molar-refractivity contribution in [1.29, 1.82) is 0 Å². The molecule has 1 unspecified atom stereocenters. The van der Waals surface area contributed by atoms with E-state index in [1.807, 2.05) is 0 Å². The van der Waals surface area contributed by atoms with E-state index >= 15 is 0 Å². The SMILES string of the molecule is C#CC1(C(N)C(=O)O)CS(=O)(=O)C1.O=C(O)C(F)(F)F. The minimum Gasteiger partial charge on any atom is -0.480 e. The Labute approximate surface area is 111 Å². The predicted octanol–water partition coefficient (Wildman–Crippen LogP) is -0.920. The van der Waals surface area contributed by atoms with Crippen LogP contribution in [0.2, 0.25) is 0 Å². The molecule has 114 valence electrons. The highest BCUT2D eigenvalue weighted by atomic mass is 32.2. The van der Waals surface area contributed by atoms with Gasteiger partial charge in [-0.05, 0) is 0 Å². The molecule has 0 bridgehead atoms. The van der Waals surface area contributed by atoms with Crippen LogP contribution in [0.3, 0.4) is 0 Å². The molecule has 20 heavy (non-hydrogen) atoms. The second-order valence-corrected chi connectivity index (χ2v) is 6.02. The van der Waals surface area contributed by atoms with E-state index in [9.17, 15) is 26.4 Å². The first-order valence-electron chi connectivity index (χ1n) is 4.74. The molecule has 4 N–H and O–H groups in total. The molecular formula is C9H10F3NO6S. The maximum Gasteiger partial charge on any atom is 0.490 e. The monoisotopic (exact) mass is 317 g/mol. The van der Waals surface area contributed by atoms with Crippen LogP contribution >= 0.6 is 0 Å². The average Bonchev–Trinajstić information content (AvgIpc) is 2.23. The van der Waals surface area contributed by atoms with Gasteiger partial charge in [0.25, 0.3) is 0 Å². The Balaban J connectivity index is 0.000000441. The topological polar surface area (TPSA) is 135 Å². The first-order valence-corrected chi connectivity index (χ1v) is 6.56. The molecular weight excluding hydrogens is 307 g/mol. The van der Waals surface area contributed by atoms with E-state index in [-0.39, 0.29) is 11.5 Å². The summed E-state index contributed by atoms with van der Waals surface area (Å²) < 4.78 is 53.4. The van der Waals surface area contributed by atoms with Gasteiger partial charge in [-0.1, -0.05) is 5.92 Å². The molecule has 1 saturated heterocycles. The second-order valence-electron chi connectivity index (χ2n) is 3.95. The zero-order valence-electron chi connectivity index (χ0n) is 9.72. The highest BCUT2D eigenvalue weighted by Gasteiger charge is 2.54. The summed E-state index contributed by atoms with van der Waals surface area (Å²) in [5.41, 5.74) is 4.08. The van der Waals surface area contributed by atoms with Crippen LogP contribution in [0.25, 0.3) is 0 Å². The zero-order chi connectivity index (χ0) is 16.4. The van der Waals surface area contributed by atoms with Crippen molar-refractivity contribution in [2.75, 3.05) is 11.5 Å². The Kier molecular flexibility index (Phi) is 5.17. The van der Waals surface area contributed by atoms with Crippen molar-refractivity contribution < 1.29 is 41.4 Å². The van der Waals surface area contributed by atoms with E-state index in [0.717, 1.165) is 0 Å². The third-order valence-corrected chi connectivity index (χ3v) is 4.26. The van der Waals surface area contributed by atoms with Gasteiger partial charge in [-0.2, -0.15) is 13.2 Å². The molecule has 0 aliphatic carbocycles. The number of carboxylic acids is 2. The number of alkyl halides is 3. The lowest BCUT2D eigenvalue weighted by atomic mass is 9.84. The zero-order valence-corrected chi connectivity index (χ0v) is 10.5. The van der Waals surface area contributed by atoms with Gasteiger partial charge in [0.15, 0.2) is 9.84 Å². The van der Waals surface area contributed by atoms with Crippen molar-refractivity contribution in [2.24, 2.45) is 11.1 Å². The van der Waals surface area contributed by atoms with E-state index < -0.39 is 39.4 Å². The van der Waals surface area contributed by atoms with Crippen molar-refractivity contribution >= 4 is 21.8 Å². The molecule has 1 aliphatic rings. The summed E-state index contributed by atoms with van der Waals surface area (Å²) in [5.74, 6) is -2.52. The number of terminal acetylenes is 1. The molecule has 1 heterocycles. The van der Waals surface area contributed by atoms with Crippen LogP contribution in [0.1, 0.15) is 0 Å². The molecule has 0 amide bonds. The number of carboxylic acid groups (broad SMARTS) is 2. The van der Waals surface area contributed by atoms with E-state index in [2.05, 4.69) is 5.92 Å². The summed E-state index contributed by atoms with van der Waals surface area (Å²) in [4.78, 5) is 19.4. The lowest BCUT2D eigenvalue weighted by molar-refractivity contribution is -0.192. The minimum atomic E-state index is -5.08. The fraction of sp³-hybridized carbons (Fsp3) is 0.556. The predicted molar refractivity (Wildman–Crippen MR) is 59.2 cm³/mol. The van der Waals surface area contributed by atoms with Crippen molar-refractivity contribution in [3.05, 3.63) is 0 Å². The lowest BCUT2D eigenvalue weighted by Gasteiger charge is -2.38. The van der Waals surface area contributed by atoms with Gasteiger partial charge in [0.1, 0.15) is 6.04 Å². The van der Waals surface area contributed by atoms with E-state index in [1.54, 1.807) is 0 Å². The summed E-state index contributed by atoms with van der Waals surface area (Å²) in [5, 5.41) is 15.7. The molecule has 1 atom stereocenters. The lowest BCUT2D eigenvalue weighted by Crippen LogP contribution is -2.60. The smallest absolute Gasteiger partial charge is 0.480 e. The van der Waals surface area contributed by atoms with E-state index in [1.165, 1.54) is 0 Å². The molecule has 0 saturated carbocycles. The normalized spacial score (nSPS) is 20.4. The number of aliphatic carboxylic acids is 2. The Hall–Kier alpha value is -1.80. The first-order chi connectivity index (χ1) is 8.77. The maximum absolute atomic E-state index is 10.8. The molecule has 0 radical (unpaired) electrons. The van der Waals surface area contributed by atoms with Gasteiger partial charge in [-0.25, -0.2) is 13.2 Å². The Morgan fingerprint density at radius 3 is 1.80 bits per heavy atom. The van der Waals surface area contributed by atoms with Crippen LogP contribution in [0.5, 0.6) is 0 Å². The standard InChI is InChI=1S/C7H9NO4S.C2HF3O2/c1-2-7(5(8)6(9)10)3-13(11,12)4-7;3-2(4,5)1(6)7/h1,5H,3-4,8H2,(H,9,10);(H,6,7). The van der Waals surface area contributed by atoms with Crippen LogP contribution < -0.4 is 5.73 Å². The molecule has 1 aliphatic heterocycles. The Morgan fingerprint density at radius 2 is 1.65 bits per heavy atom. The van der Waals surface area contributed by atoms with Crippen LogP contribution in [-0.2, 0) is 19.4 Å². The van der Waals surface area contributed by atoms with Gasteiger partial charge < -0.3 is 15.9 Å². The van der Waals surface area contributed by atoms with Crippen molar-refractivity contribution in [3.8, 4) is 12.3 Å². The quantitative estimate of drug-likeness (QED) is 0.560. The van der Waals surface area contributed by atoms with Gasteiger partial charge in [0, 0.05) is 0 Å². The van der Waals surface area contributed by atoms with Crippen LogP contribution in [0, 0.1) is 17.8 Å². The molecule has 0 aromatic heterocycles. The number of hydrogen-bond acceptors (Lipinski definition) is 5. The van der Waals surface area contributed by atoms with Crippen molar-refractivity contribution in [3.63, 3.8) is 0 Å². The van der Waals surface area contributed by atoms with Gasteiger partial charge >= 0.3 is 18.1 Å². The van der Waals surface area contributed by atoms with Crippen LogP contribution in [-0.4, -0.2) is 54.3 Å². The summed E-state index contributed by atoms with van der Waals surface area (Å²) in [6.45, 7) is 0. The molecule has 1 fully saturated rings. The molecule has 0 aromatic carbocycles. The molecule has 1 rings (SSSR count). The number of halogens is 3. The summed E-state index contributed by atoms with van der Waals surface area (Å²) in [6, 6.07) is -1.30. The van der Waals surface area contributed by atoms with Crippen molar-refractivity contribution in [2.45, 2.75) is 12.2 Å². The van der Waals surface area contributed by atoms with Crippen molar-refractivity contribution in [1.82, 2.24) is 0 Å². The van der Waals surface area contributed by atoms with Gasteiger partial charge in [0.2, 0.25) is 0 Å². The fourth-order valence-electron chi connectivity index (χ4n) is 1.33. The van der Waals surface area contributed by atoms with Gasteiger partial charge in [-0.3, -0.25) is 4.79 Å². The number of nitrogens with two attached hydrogens (primary N) is 1. The van der Waals surface area contributed by atoms with E-state index in [4.69, 9.17) is 27.2 Å². The Morgan fingerprint density at radius 1 is 1.30 bits per heavy atom. The fourth-order valence-corrected chi connectivity index (χ4v) is 3.34. The van der Waals surface area contributed by atoms with Gasteiger partial charge in [-0.15, -0.1) is 6.42 Å². The van der Waals surface area contributed by atoms with Crippen LogP contribution in [0.4, 0.5) is 13.2 Å².